The van der Waals surface area contributed by atoms with Crippen LogP contribution in [0.25, 0.3) is 0 Å². The van der Waals surface area contributed by atoms with Gasteiger partial charge in [0, 0.05) is 30.8 Å². The number of hydrogen-bond donors (Lipinski definition) is 2. The van der Waals surface area contributed by atoms with E-state index in [0.29, 0.717) is 23.0 Å². The van der Waals surface area contributed by atoms with Crippen molar-refractivity contribution in [3.05, 3.63) is 36.1 Å². The number of aryl methyl sites for hydroxylation is 1. The van der Waals surface area contributed by atoms with Crippen LogP contribution in [0.15, 0.2) is 34.9 Å². The topological polar surface area (TPSA) is 114 Å². The van der Waals surface area contributed by atoms with Crippen molar-refractivity contribution >= 4 is 29.2 Å². The van der Waals surface area contributed by atoms with Gasteiger partial charge in [-0.15, -0.1) is 0 Å². The van der Waals surface area contributed by atoms with Crippen LogP contribution in [-0.2, 0) is 14.4 Å². The van der Waals surface area contributed by atoms with Gasteiger partial charge in [-0.05, 0) is 31.9 Å². The first-order valence-electron chi connectivity index (χ1n) is 8.91. The van der Waals surface area contributed by atoms with Crippen molar-refractivity contribution in [2.75, 3.05) is 30.8 Å². The fraction of sp³-hybridized carbons (Fsp3) is 0.368. The molecule has 1 aromatic heterocycles. The van der Waals surface area contributed by atoms with Crippen LogP contribution in [0.5, 0.6) is 5.75 Å². The Balaban J connectivity index is 1.45. The molecular weight excluding hydrogens is 364 g/mol. The molecule has 1 heterocycles. The maximum atomic E-state index is 12.2. The van der Waals surface area contributed by atoms with Gasteiger partial charge in [-0.2, -0.15) is 0 Å². The van der Waals surface area contributed by atoms with Gasteiger partial charge < -0.3 is 24.8 Å². The number of benzene rings is 1. The van der Waals surface area contributed by atoms with E-state index in [1.54, 1.807) is 37.3 Å². The average molecular weight is 386 g/mol. The van der Waals surface area contributed by atoms with Crippen molar-refractivity contribution in [3.63, 3.8) is 0 Å². The quantitative estimate of drug-likeness (QED) is 0.715. The van der Waals surface area contributed by atoms with E-state index in [2.05, 4.69) is 15.8 Å². The number of carbonyl (C=O) groups excluding carboxylic acids is 3. The highest BCUT2D eigenvalue weighted by Gasteiger charge is 2.29. The molecule has 148 valence electrons. The van der Waals surface area contributed by atoms with Gasteiger partial charge in [0.2, 0.25) is 11.8 Å². The number of aromatic nitrogens is 1. The summed E-state index contributed by atoms with van der Waals surface area (Å²) in [6, 6.07) is 8.43. The minimum Gasteiger partial charge on any atom is -0.484 e. The Morgan fingerprint density at radius 3 is 2.71 bits per heavy atom. The lowest BCUT2D eigenvalue weighted by atomic mass is 10.3. The second-order valence-electron chi connectivity index (χ2n) is 6.70. The van der Waals surface area contributed by atoms with E-state index in [9.17, 15) is 14.4 Å². The molecule has 1 aromatic carbocycles. The van der Waals surface area contributed by atoms with E-state index in [4.69, 9.17) is 9.26 Å². The fourth-order valence-corrected chi connectivity index (χ4v) is 2.42. The molecule has 0 spiro atoms. The Bertz CT molecular complexity index is 875. The average Bonchev–Trinajstić information content (AvgIpc) is 3.43. The summed E-state index contributed by atoms with van der Waals surface area (Å²) in [5.74, 6) is 0.674. The first-order chi connectivity index (χ1) is 13.4. The third kappa shape index (κ3) is 5.57. The van der Waals surface area contributed by atoms with Crippen molar-refractivity contribution < 1.29 is 23.6 Å². The lowest BCUT2D eigenvalue weighted by Gasteiger charge is -2.17. The molecule has 0 unspecified atom stereocenters. The molecule has 3 amide bonds. The number of amides is 3. The normalized spacial score (nSPS) is 12.9. The number of rotatable bonds is 8. The molecule has 2 N–H and O–H groups in total. The van der Waals surface area contributed by atoms with Crippen LogP contribution in [0.4, 0.5) is 11.5 Å². The number of ether oxygens (including phenoxy) is 1. The van der Waals surface area contributed by atoms with Crippen molar-refractivity contribution in [1.82, 2.24) is 10.1 Å². The highest BCUT2D eigenvalue weighted by Crippen LogP contribution is 2.30. The number of nitrogens with one attached hydrogen (secondary N) is 2. The van der Waals surface area contributed by atoms with Gasteiger partial charge in [0.05, 0.1) is 6.54 Å². The van der Waals surface area contributed by atoms with Gasteiger partial charge in [-0.1, -0.05) is 11.2 Å². The molecule has 9 nitrogen and oxygen atoms in total. The fourth-order valence-electron chi connectivity index (χ4n) is 2.42. The number of nitrogens with zero attached hydrogens (tertiary/aromatic N) is 2. The molecule has 1 saturated carbocycles. The largest absolute Gasteiger partial charge is 0.484 e. The number of likely N-dealkylation sites (N-methyl/N-ethyl adjacent to an activating group) is 1. The molecule has 9 heteroatoms. The van der Waals surface area contributed by atoms with Crippen LogP contribution in [0.1, 0.15) is 18.6 Å². The zero-order valence-corrected chi connectivity index (χ0v) is 15.7. The summed E-state index contributed by atoms with van der Waals surface area (Å²) in [7, 11) is 1.51. The van der Waals surface area contributed by atoms with E-state index in [-0.39, 0.29) is 30.9 Å². The highest BCUT2D eigenvalue weighted by atomic mass is 16.5. The summed E-state index contributed by atoms with van der Waals surface area (Å²) >= 11 is 0. The van der Waals surface area contributed by atoms with E-state index in [0.717, 1.165) is 12.8 Å². The Morgan fingerprint density at radius 2 is 2.04 bits per heavy atom. The second kappa shape index (κ2) is 8.55. The Kier molecular flexibility index (Phi) is 5.93. The van der Waals surface area contributed by atoms with E-state index in [1.165, 1.54) is 11.9 Å². The highest BCUT2D eigenvalue weighted by molar-refractivity contribution is 5.94. The van der Waals surface area contributed by atoms with E-state index >= 15 is 0 Å². The molecule has 3 rings (SSSR count). The molecular formula is C19H22N4O5. The van der Waals surface area contributed by atoms with Crippen molar-refractivity contribution in [3.8, 4) is 5.75 Å². The van der Waals surface area contributed by atoms with Crippen LogP contribution >= 0.6 is 0 Å². The molecule has 1 aliphatic carbocycles. The zero-order valence-electron chi connectivity index (χ0n) is 15.7. The van der Waals surface area contributed by atoms with Gasteiger partial charge in [0.15, 0.2) is 12.4 Å². The van der Waals surface area contributed by atoms with Crippen LogP contribution in [0.3, 0.4) is 0 Å². The zero-order chi connectivity index (χ0) is 20.1. The maximum absolute atomic E-state index is 12.2. The molecule has 1 aliphatic rings. The van der Waals surface area contributed by atoms with Crippen LogP contribution in [0, 0.1) is 12.8 Å². The Morgan fingerprint density at radius 1 is 1.25 bits per heavy atom. The number of hydrogen-bond acceptors (Lipinski definition) is 6. The first-order valence-corrected chi connectivity index (χ1v) is 8.91. The van der Waals surface area contributed by atoms with Crippen molar-refractivity contribution in [2.45, 2.75) is 19.8 Å². The van der Waals surface area contributed by atoms with E-state index < -0.39 is 5.91 Å². The molecule has 0 atom stereocenters. The Labute approximate surface area is 162 Å². The second-order valence-corrected chi connectivity index (χ2v) is 6.70. The lowest BCUT2D eigenvalue weighted by Crippen LogP contribution is -2.37. The summed E-state index contributed by atoms with van der Waals surface area (Å²) < 4.78 is 10.4. The Hall–Kier alpha value is -3.36. The van der Waals surface area contributed by atoms with Crippen LogP contribution in [-0.4, -0.2) is 48.0 Å². The lowest BCUT2D eigenvalue weighted by molar-refractivity contribution is -0.135. The monoisotopic (exact) mass is 386 g/mol. The standard InChI is InChI=1S/C19H22N4O5/c1-12-8-16(22-28-12)21-17(24)10-23(2)18(25)11-27-15-5-3-4-14(9-15)20-19(26)13-6-7-13/h3-5,8-9,13H,6-7,10-11H2,1-2H3,(H,20,26)(H,21,22,24). The maximum Gasteiger partial charge on any atom is 0.260 e. The van der Waals surface area contributed by atoms with Crippen LogP contribution in [0.2, 0.25) is 0 Å². The molecule has 28 heavy (non-hydrogen) atoms. The van der Waals surface area contributed by atoms with Gasteiger partial charge in [-0.25, -0.2) is 0 Å². The van der Waals surface area contributed by atoms with Gasteiger partial charge >= 0.3 is 0 Å². The number of anilines is 2. The minimum atomic E-state index is -0.395. The molecule has 0 saturated heterocycles. The van der Waals surface area contributed by atoms with Crippen molar-refractivity contribution in [1.29, 1.82) is 0 Å². The van der Waals surface area contributed by atoms with E-state index in [1.807, 2.05) is 0 Å². The molecule has 2 aromatic rings. The van der Waals surface area contributed by atoms with Crippen LogP contribution < -0.4 is 15.4 Å². The predicted molar refractivity (Wildman–Crippen MR) is 101 cm³/mol. The summed E-state index contributed by atoms with van der Waals surface area (Å²) in [6.07, 6.45) is 1.85. The summed E-state index contributed by atoms with van der Waals surface area (Å²) in [4.78, 5) is 37.2. The summed E-state index contributed by atoms with van der Waals surface area (Å²) in [5.41, 5.74) is 0.623. The summed E-state index contributed by atoms with van der Waals surface area (Å²) in [6.45, 7) is 1.33. The molecule has 0 aliphatic heterocycles. The van der Waals surface area contributed by atoms with Gasteiger partial charge in [0.1, 0.15) is 11.5 Å². The SMILES string of the molecule is Cc1cc(NC(=O)CN(C)C(=O)COc2cccc(NC(=O)C3CC3)c2)no1. The molecule has 1 fully saturated rings. The summed E-state index contributed by atoms with van der Waals surface area (Å²) in [5, 5.41) is 9.03. The smallest absolute Gasteiger partial charge is 0.260 e. The molecule has 0 bridgehead atoms. The van der Waals surface area contributed by atoms with Crippen molar-refractivity contribution in [2.24, 2.45) is 5.92 Å². The molecule has 0 radical (unpaired) electrons. The third-order valence-corrected chi connectivity index (χ3v) is 4.11. The van der Waals surface area contributed by atoms with Gasteiger partial charge in [-0.3, -0.25) is 14.4 Å². The minimum absolute atomic E-state index is 0.00118. The number of carbonyl (C=O) groups is 3. The first kappa shape index (κ1) is 19.4. The third-order valence-electron chi connectivity index (χ3n) is 4.11. The predicted octanol–water partition coefficient (Wildman–Crippen LogP) is 1.81. The van der Waals surface area contributed by atoms with Gasteiger partial charge in [0.25, 0.3) is 5.91 Å².